The van der Waals surface area contributed by atoms with Crippen LogP contribution in [0.15, 0.2) is 46.1 Å². The van der Waals surface area contributed by atoms with E-state index in [-0.39, 0.29) is 5.04 Å². The van der Waals surface area contributed by atoms with Crippen LogP contribution in [0.3, 0.4) is 0 Å². The van der Waals surface area contributed by atoms with Crippen LogP contribution < -0.4 is 10.2 Å². The van der Waals surface area contributed by atoms with Crippen molar-refractivity contribution in [1.29, 1.82) is 0 Å². The van der Waals surface area contributed by atoms with Gasteiger partial charge in [0.05, 0.1) is 28.0 Å². The first-order valence-corrected chi connectivity index (χ1v) is 13.4. The zero-order valence-corrected chi connectivity index (χ0v) is 20.9. The molecule has 0 aliphatic carbocycles. The lowest BCUT2D eigenvalue weighted by Gasteiger charge is -2.36. The number of amidine groups is 1. The highest BCUT2D eigenvalue weighted by atomic mass is 79.9. The summed E-state index contributed by atoms with van der Waals surface area (Å²) in [4.78, 5) is 4.59. The quantitative estimate of drug-likeness (QED) is 0.257. The van der Waals surface area contributed by atoms with E-state index >= 15 is 0 Å². The van der Waals surface area contributed by atoms with Crippen LogP contribution in [0.1, 0.15) is 31.9 Å². The number of rotatable bonds is 4. The Labute approximate surface area is 186 Å². The number of hydrogen-bond donors (Lipinski definition) is 1. The molecule has 3 aromatic rings. The minimum absolute atomic E-state index is 0.137. The molecule has 0 unspecified atom stereocenters. The van der Waals surface area contributed by atoms with Crippen LogP contribution in [0, 0.1) is 6.92 Å². The Bertz CT molecular complexity index is 1100. The van der Waals surface area contributed by atoms with E-state index in [1.54, 1.807) is 10.7 Å². The summed E-state index contributed by atoms with van der Waals surface area (Å²) in [6.45, 7) is 13.1. The molecule has 2 N–H and O–H groups in total. The van der Waals surface area contributed by atoms with Crippen LogP contribution in [-0.4, -0.2) is 23.8 Å². The zero-order valence-electron chi connectivity index (χ0n) is 17.5. The number of nitrogens with zero attached hydrogens (tertiary/aromatic N) is 3. The fourth-order valence-corrected chi connectivity index (χ4v) is 4.35. The number of hydrogen-bond acceptors (Lipinski definition) is 3. The Balaban J connectivity index is 1.92. The van der Waals surface area contributed by atoms with Crippen LogP contribution in [0.5, 0.6) is 5.75 Å². The van der Waals surface area contributed by atoms with Gasteiger partial charge >= 0.3 is 0 Å². The highest BCUT2D eigenvalue weighted by molar-refractivity contribution is 9.10. The molecule has 1 aromatic carbocycles. The summed E-state index contributed by atoms with van der Waals surface area (Å²) in [5, 5.41) is 5.00. The first kappa shape index (κ1) is 21.9. The molecule has 29 heavy (non-hydrogen) atoms. The number of benzene rings is 1. The van der Waals surface area contributed by atoms with Gasteiger partial charge < -0.3 is 10.2 Å². The van der Waals surface area contributed by atoms with Crippen LogP contribution >= 0.6 is 27.5 Å². The van der Waals surface area contributed by atoms with E-state index in [2.05, 4.69) is 59.9 Å². The third kappa shape index (κ3) is 4.52. The normalized spacial score (nSPS) is 13.2. The Hall–Kier alpha value is -1.83. The molecule has 0 radical (unpaired) electrons. The maximum atomic E-state index is 6.54. The molecular formula is C21H26BrClN4OSi. The number of aliphatic imine (C=N–C) groups is 1. The van der Waals surface area contributed by atoms with E-state index in [4.69, 9.17) is 21.8 Å². The van der Waals surface area contributed by atoms with Crippen molar-refractivity contribution >= 4 is 52.9 Å². The molecule has 0 spiro atoms. The Kier molecular flexibility index (Phi) is 5.86. The molecule has 0 amide bonds. The van der Waals surface area contributed by atoms with Gasteiger partial charge in [0, 0.05) is 10.7 Å². The van der Waals surface area contributed by atoms with E-state index in [0.717, 1.165) is 27.0 Å². The summed E-state index contributed by atoms with van der Waals surface area (Å²) in [6, 6.07) is 7.79. The van der Waals surface area contributed by atoms with E-state index in [0.29, 0.717) is 16.4 Å². The largest absolute Gasteiger partial charge is 0.543 e. The van der Waals surface area contributed by atoms with Gasteiger partial charge in [0.2, 0.25) is 8.32 Å². The zero-order chi connectivity index (χ0) is 21.6. The minimum Gasteiger partial charge on any atom is -0.543 e. The maximum Gasteiger partial charge on any atom is 0.250 e. The van der Waals surface area contributed by atoms with Gasteiger partial charge in [0.15, 0.2) is 0 Å². The number of nitrogens with two attached hydrogens (primary N) is 1. The van der Waals surface area contributed by atoms with Gasteiger partial charge in [0.25, 0.3) is 0 Å². The molecule has 0 bridgehead atoms. The van der Waals surface area contributed by atoms with E-state index in [1.807, 2.05) is 37.4 Å². The SMILES string of the molecule is Cc1cc(O[Si](C)(C)C(C)(C)C)ccc1N=C(N)c1cnn2cc(Br)cc2c1Cl. The molecule has 2 heterocycles. The number of aromatic nitrogens is 2. The predicted octanol–water partition coefficient (Wildman–Crippen LogP) is 6.48. The van der Waals surface area contributed by atoms with Gasteiger partial charge in [-0.15, -0.1) is 0 Å². The number of fused-ring (bicyclic) bond motifs is 1. The van der Waals surface area contributed by atoms with Crippen molar-refractivity contribution in [2.45, 2.75) is 45.8 Å². The summed E-state index contributed by atoms with van der Waals surface area (Å²) in [5.74, 6) is 1.19. The molecule has 0 saturated heterocycles. The predicted molar refractivity (Wildman–Crippen MR) is 127 cm³/mol. The summed E-state index contributed by atoms with van der Waals surface area (Å²) >= 11 is 9.97. The van der Waals surface area contributed by atoms with Crippen molar-refractivity contribution in [3.63, 3.8) is 0 Å². The maximum absolute atomic E-state index is 6.54. The smallest absolute Gasteiger partial charge is 0.250 e. The second-order valence-corrected chi connectivity index (χ2v) is 14.7. The molecular weight excluding hydrogens is 468 g/mol. The molecule has 0 aliphatic heterocycles. The molecule has 2 aromatic heterocycles. The third-order valence-electron chi connectivity index (χ3n) is 5.40. The van der Waals surface area contributed by atoms with Gasteiger partial charge in [0.1, 0.15) is 11.6 Å². The molecule has 0 saturated carbocycles. The van der Waals surface area contributed by atoms with Gasteiger partial charge in [-0.25, -0.2) is 9.51 Å². The van der Waals surface area contributed by atoms with Crippen molar-refractivity contribution in [2.75, 3.05) is 0 Å². The molecule has 8 heteroatoms. The Morgan fingerprint density at radius 1 is 1.28 bits per heavy atom. The summed E-state index contributed by atoms with van der Waals surface area (Å²) in [7, 11) is -1.89. The highest BCUT2D eigenvalue weighted by Crippen LogP contribution is 2.38. The molecule has 154 valence electrons. The van der Waals surface area contributed by atoms with E-state index in [9.17, 15) is 0 Å². The van der Waals surface area contributed by atoms with Crippen molar-refractivity contribution < 1.29 is 4.43 Å². The number of halogens is 2. The van der Waals surface area contributed by atoms with Crippen molar-refractivity contribution in [3.8, 4) is 5.75 Å². The lowest BCUT2D eigenvalue weighted by molar-refractivity contribution is 0.492. The first-order valence-electron chi connectivity index (χ1n) is 9.35. The monoisotopic (exact) mass is 492 g/mol. The summed E-state index contributed by atoms with van der Waals surface area (Å²) in [6.07, 6.45) is 3.47. The standard InChI is InChI=1S/C21H26BrClN4OSi/c1-13-9-15(28-29(5,6)21(2,3)4)7-8-17(13)26-20(24)16-11-25-27-12-14(22)10-18(27)19(16)23/h7-12H,1-6H3,(H2,24,26). The van der Waals surface area contributed by atoms with Gasteiger partial charge in [-0.2, -0.15) is 5.10 Å². The minimum atomic E-state index is -1.89. The topological polar surface area (TPSA) is 64.9 Å². The van der Waals surface area contributed by atoms with Crippen LogP contribution in [0.4, 0.5) is 5.69 Å². The Morgan fingerprint density at radius 2 is 1.97 bits per heavy atom. The molecule has 0 atom stereocenters. The van der Waals surface area contributed by atoms with Crippen LogP contribution in [0.2, 0.25) is 23.2 Å². The fraction of sp³-hybridized carbons (Fsp3) is 0.333. The van der Waals surface area contributed by atoms with Crippen LogP contribution in [-0.2, 0) is 0 Å². The second kappa shape index (κ2) is 7.78. The van der Waals surface area contributed by atoms with E-state index < -0.39 is 8.32 Å². The fourth-order valence-electron chi connectivity index (χ4n) is 2.63. The second-order valence-electron chi connectivity index (χ2n) is 8.67. The van der Waals surface area contributed by atoms with Gasteiger partial charge in [-0.05, 0) is 70.8 Å². The lowest BCUT2D eigenvalue weighted by Crippen LogP contribution is -2.43. The van der Waals surface area contributed by atoms with Crippen molar-refractivity contribution in [1.82, 2.24) is 9.61 Å². The van der Waals surface area contributed by atoms with Crippen molar-refractivity contribution in [2.24, 2.45) is 10.7 Å². The lowest BCUT2D eigenvalue weighted by atomic mass is 10.2. The highest BCUT2D eigenvalue weighted by Gasteiger charge is 2.39. The Morgan fingerprint density at radius 3 is 2.59 bits per heavy atom. The van der Waals surface area contributed by atoms with Crippen LogP contribution in [0.25, 0.3) is 5.52 Å². The molecule has 0 aliphatic rings. The average Bonchev–Trinajstić information content (AvgIpc) is 2.97. The molecule has 3 rings (SSSR count). The van der Waals surface area contributed by atoms with Crippen molar-refractivity contribution in [3.05, 3.63) is 57.3 Å². The summed E-state index contributed by atoms with van der Waals surface area (Å²) in [5.41, 5.74) is 9.40. The third-order valence-corrected chi connectivity index (χ3v) is 10.6. The summed E-state index contributed by atoms with van der Waals surface area (Å²) < 4.78 is 8.97. The molecule has 5 nitrogen and oxygen atoms in total. The van der Waals surface area contributed by atoms with Gasteiger partial charge in [-0.1, -0.05) is 32.4 Å². The van der Waals surface area contributed by atoms with Gasteiger partial charge in [-0.3, -0.25) is 0 Å². The van der Waals surface area contributed by atoms with E-state index in [1.165, 1.54) is 0 Å². The average molecular weight is 494 g/mol. The molecule has 0 fully saturated rings. The first-order chi connectivity index (χ1) is 13.4. The number of aryl methyl sites for hydroxylation is 1.